The summed E-state index contributed by atoms with van der Waals surface area (Å²) in [5.74, 6) is -0.0695. The summed E-state index contributed by atoms with van der Waals surface area (Å²) in [7, 11) is 0. The van der Waals surface area contributed by atoms with Gasteiger partial charge in [-0.05, 0) is 25.7 Å². The first-order valence-corrected chi connectivity index (χ1v) is 6.85. The molecule has 0 bridgehead atoms. The van der Waals surface area contributed by atoms with Gasteiger partial charge >= 0.3 is 5.97 Å². The highest BCUT2D eigenvalue weighted by Gasteiger charge is 2.21. The van der Waals surface area contributed by atoms with Gasteiger partial charge in [0.25, 0.3) is 0 Å². The van der Waals surface area contributed by atoms with Crippen LogP contribution in [-0.2, 0) is 14.3 Å². The van der Waals surface area contributed by atoms with Crippen LogP contribution in [0.25, 0.3) is 0 Å². The fraction of sp³-hybridized carbons (Fsp3) is 0.923. The summed E-state index contributed by atoms with van der Waals surface area (Å²) >= 11 is 0. The number of hydrogen-bond donors (Lipinski definition) is 1. The van der Waals surface area contributed by atoms with Gasteiger partial charge in [-0.15, -0.1) is 0 Å². The van der Waals surface area contributed by atoms with Crippen molar-refractivity contribution in [2.45, 2.75) is 57.1 Å². The molecule has 2 fully saturated rings. The average molecular weight is 241 g/mol. The average Bonchev–Trinajstić information content (AvgIpc) is 2.59. The lowest BCUT2D eigenvalue weighted by atomic mass is 10.1. The lowest BCUT2D eigenvalue weighted by Gasteiger charge is -2.24. The Morgan fingerprint density at radius 3 is 2.65 bits per heavy atom. The Bertz CT molecular complexity index is 231. The minimum absolute atomic E-state index is 0.0695. The summed E-state index contributed by atoms with van der Waals surface area (Å²) < 4.78 is 10.9. The molecule has 17 heavy (non-hydrogen) atoms. The second kappa shape index (κ2) is 6.97. The molecular formula is C13H23NO3. The fourth-order valence-electron chi connectivity index (χ4n) is 2.55. The van der Waals surface area contributed by atoms with Gasteiger partial charge in [-0.2, -0.15) is 0 Å². The zero-order valence-electron chi connectivity index (χ0n) is 10.5. The van der Waals surface area contributed by atoms with E-state index in [0.717, 1.165) is 26.0 Å². The van der Waals surface area contributed by atoms with Crippen molar-refractivity contribution < 1.29 is 14.3 Å². The largest absolute Gasteiger partial charge is 0.462 e. The number of carbonyl (C=O) groups is 1. The number of nitrogens with one attached hydrogen (secondary N) is 1. The standard InChI is InChI=1S/C13H23NO3/c15-13(9-11-10-16-8-7-14-11)17-12-5-3-1-2-4-6-12/h11-12,14H,1-10H2. The zero-order valence-corrected chi connectivity index (χ0v) is 10.5. The van der Waals surface area contributed by atoms with Crippen LogP contribution in [0.2, 0.25) is 0 Å². The van der Waals surface area contributed by atoms with Crippen LogP contribution >= 0.6 is 0 Å². The second-order valence-electron chi connectivity index (χ2n) is 5.03. The molecular weight excluding hydrogens is 218 g/mol. The van der Waals surface area contributed by atoms with E-state index >= 15 is 0 Å². The fourth-order valence-corrected chi connectivity index (χ4v) is 2.55. The lowest BCUT2D eigenvalue weighted by Crippen LogP contribution is -2.43. The number of esters is 1. The molecule has 1 N–H and O–H groups in total. The third-order valence-electron chi connectivity index (χ3n) is 3.51. The summed E-state index contributed by atoms with van der Waals surface area (Å²) in [4.78, 5) is 11.8. The molecule has 4 heteroatoms. The molecule has 2 rings (SSSR count). The van der Waals surface area contributed by atoms with Gasteiger partial charge in [0, 0.05) is 12.6 Å². The highest BCUT2D eigenvalue weighted by Crippen LogP contribution is 2.20. The van der Waals surface area contributed by atoms with Crippen molar-refractivity contribution in [3.05, 3.63) is 0 Å². The molecule has 1 aliphatic carbocycles. The maximum Gasteiger partial charge on any atom is 0.307 e. The predicted octanol–water partition coefficient (Wildman–Crippen LogP) is 1.63. The Balaban J connectivity index is 1.68. The first-order chi connectivity index (χ1) is 8.34. The van der Waals surface area contributed by atoms with Crippen LogP contribution in [0.3, 0.4) is 0 Å². The van der Waals surface area contributed by atoms with Crippen molar-refractivity contribution in [2.24, 2.45) is 0 Å². The summed E-state index contributed by atoms with van der Waals surface area (Å²) in [5.41, 5.74) is 0. The van der Waals surface area contributed by atoms with E-state index in [0.29, 0.717) is 13.0 Å². The minimum atomic E-state index is -0.0695. The smallest absolute Gasteiger partial charge is 0.307 e. The summed E-state index contributed by atoms with van der Waals surface area (Å²) in [5, 5.41) is 3.27. The monoisotopic (exact) mass is 241 g/mol. The highest BCUT2D eigenvalue weighted by molar-refractivity contribution is 5.70. The van der Waals surface area contributed by atoms with E-state index in [1.807, 2.05) is 0 Å². The third kappa shape index (κ3) is 4.64. The van der Waals surface area contributed by atoms with Crippen LogP contribution in [0.5, 0.6) is 0 Å². The van der Waals surface area contributed by atoms with Crippen LogP contribution in [0.15, 0.2) is 0 Å². The van der Waals surface area contributed by atoms with Crippen molar-refractivity contribution in [2.75, 3.05) is 19.8 Å². The molecule has 0 aromatic rings. The van der Waals surface area contributed by atoms with Crippen molar-refractivity contribution in [3.63, 3.8) is 0 Å². The van der Waals surface area contributed by atoms with Gasteiger partial charge < -0.3 is 14.8 Å². The Morgan fingerprint density at radius 1 is 1.24 bits per heavy atom. The molecule has 98 valence electrons. The Kier molecular flexibility index (Phi) is 5.26. The second-order valence-corrected chi connectivity index (χ2v) is 5.03. The van der Waals surface area contributed by atoms with Crippen molar-refractivity contribution in [1.82, 2.24) is 5.32 Å². The quantitative estimate of drug-likeness (QED) is 0.602. The SMILES string of the molecule is O=C(CC1COCCN1)OC1CCCCCC1. The van der Waals surface area contributed by atoms with Gasteiger partial charge in [0.2, 0.25) is 0 Å². The summed E-state index contributed by atoms with van der Waals surface area (Å²) in [6, 6.07) is 0.141. The maximum atomic E-state index is 11.8. The molecule has 0 amide bonds. The van der Waals surface area contributed by atoms with Gasteiger partial charge in [-0.25, -0.2) is 0 Å². The molecule has 2 aliphatic rings. The Hall–Kier alpha value is -0.610. The number of rotatable bonds is 3. The van der Waals surface area contributed by atoms with Crippen LogP contribution in [0.4, 0.5) is 0 Å². The van der Waals surface area contributed by atoms with Crippen LogP contribution in [0.1, 0.15) is 44.9 Å². The van der Waals surface area contributed by atoms with Gasteiger partial charge in [0.1, 0.15) is 6.10 Å². The summed E-state index contributed by atoms with van der Waals surface area (Å²) in [6.45, 7) is 2.20. The molecule has 1 heterocycles. The molecule has 4 nitrogen and oxygen atoms in total. The number of carbonyl (C=O) groups excluding carboxylic acids is 1. The first-order valence-electron chi connectivity index (χ1n) is 6.85. The number of ether oxygens (including phenoxy) is 2. The van der Waals surface area contributed by atoms with E-state index in [1.165, 1.54) is 25.7 Å². The van der Waals surface area contributed by atoms with E-state index in [1.54, 1.807) is 0 Å². The van der Waals surface area contributed by atoms with E-state index in [2.05, 4.69) is 5.32 Å². The molecule has 0 spiro atoms. The van der Waals surface area contributed by atoms with E-state index < -0.39 is 0 Å². The van der Waals surface area contributed by atoms with E-state index in [4.69, 9.17) is 9.47 Å². The number of morpholine rings is 1. The van der Waals surface area contributed by atoms with Gasteiger partial charge in [-0.3, -0.25) is 4.79 Å². The molecule has 0 aromatic carbocycles. The van der Waals surface area contributed by atoms with Crippen LogP contribution < -0.4 is 5.32 Å². The van der Waals surface area contributed by atoms with E-state index in [9.17, 15) is 4.79 Å². The summed E-state index contributed by atoms with van der Waals surface area (Å²) in [6.07, 6.45) is 7.65. The van der Waals surface area contributed by atoms with Gasteiger partial charge in [0.15, 0.2) is 0 Å². The number of hydrogen-bond acceptors (Lipinski definition) is 4. The lowest BCUT2D eigenvalue weighted by molar-refractivity contribution is -0.151. The van der Waals surface area contributed by atoms with E-state index in [-0.39, 0.29) is 18.1 Å². The molecule has 1 unspecified atom stereocenters. The maximum absolute atomic E-state index is 11.8. The molecule has 1 atom stereocenters. The predicted molar refractivity (Wildman–Crippen MR) is 64.8 cm³/mol. The Morgan fingerprint density at radius 2 is 2.00 bits per heavy atom. The first kappa shape index (κ1) is 12.8. The molecule has 1 saturated carbocycles. The molecule has 0 radical (unpaired) electrons. The van der Waals surface area contributed by atoms with Gasteiger partial charge in [0.05, 0.1) is 19.6 Å². The third-order valence-corrected chi connectivity index (χ3v) is 3.51. The van der Waals surface area contributed by atoms with Crippen molar-refractivity contribution >= 4 is 5.97 Å². The van der Waals surface area contributed by atoms with Crippen molar-refractivity contribution in [1.29, 1.82) is 0 Å². The highest BCUT2D eigenvalue weighted by atomic mass is 16.5. The normalized spacial score (nSPS) is 27.4. The van der Waals surface area contributed by atoms with Crippen LogP contribution in [0, 0.1) is 0 Å². The topological polar surface area (TPSA) is 47.6 Å². The molecule has 0 aromatic heterocycles. The van der Waals surface area contributed by atoms with Crippen LogP contribution in [-0.4, -0.2) is 37.9 Å². The minimum Gasteiger partial charge on any atom is -0.462 e. The van der Waals surface area contributed by atoms with Crippen molar-refractivity contribution in [3.8, 4) is 0 Å². The van der Waals surface area contributed by atoms with Gasteiger partial charge in [-0.1, -0.05) is 12.8 Å². The zero-order chi connectivity index (χ0) is 11.9. The Labute approximate surface area is 103 Å². The molecule has 1 aliphatic heterocycles. The molecule has 1 saturated heterocycles.